The van der Waals surface area contributed by atoms with E-state index in [4.69, 9.17) is 5.11 Å². The Hall–Kier alpha value is -2.90. The highest BCUT2D eigenvalue weighted by Crippen LogP contribution is 2.32. The average Bonchev–Trinajstić information content (AvgIpc) is 2.61. The van der Waals surface area contributed by atoms with Crippen molar-refractivity contribution in [2.45, 2.75) is 26.1 Å². The van der Waals surface area contributed by atoms with Gasteiger partial charge in [-0.25, -0.2) is 4.79 Å². The Bertz CT molecular complexity index is 821. The molecule has 0 saturated heterocycles. The number of hydrogen-bond acceptors (Lipinski definition) is 3. The molecule has 1 atom stereocenters. The van der Waals surface area contributed by atoms with Crippen LogP contribution in [0.2, 0.25) is 0 Å². The monoisotopic (exact) mass is 366 g/mol. The molecule has 0 bridgehead atoms. The lowest BCUT2D eigenvalue weighted by molar-refractivity contribution is -0.137. The van der Waals surface area contributed by atoms with E-state index < -0.39 is 29.7 Å². The van der Waals surface area contributed by atoms with Crippen molar-refractivity contribution in [3.05, 3.63) is 65.0 Å². The van der Waals surface area contributed by atoms with Crippen LogP contribution in [0.25, 0.3) is 0 Å². The van der Waals surface area contributed by atoms with Gasteiger partial charge in [0.25, 0.3) is 5.91 Å². The SMILES string of the molecule is CCN(C(=O)c1cc(C(=O)O)ccn1)C(C)c1cccc(C(F)(F)F)c1. The molecular formula is C18H17F3N2O3. The largest absolute Gasteiger partial charge is 0.478 e. The number of aromatic nitrogens is 1. The van der Waals surface area contributed by atoms with E-state index in [0.29, 0.717) is 5.56 Å². The third-order valence-electron chi connectivity index (χ3n) is 3.99. The third-order valence-corrected chi connectivity index (χ3v) is 3.99. The zero-order chi connectivity index (χ0) is 19.5. The summed E-state index contributed by atoms with van der Waals surface area (Å²) in [6, 6.07) is 6.52. The molecule has 0 spiro atoms. The van der Waals surface area contributed by atoms with Crippen LogP contribution in [0.1, 0.15) is 51.9 Å². The number of hydrogen-bond donors (Lipinski definition) is 1. The molecule has 0 saturated carbocycles. The van der Waals surface area contributed by atoms with Gasteiger partial charge in [-0.2, -0.15) is 13.2 Å². The fourth-order valence-electron chi connectivity index (χ4n) is 2.58. The summed E-state index contributed by atoms with van der Waals surface area (Å²) in [5.74, 6) is -1.75. The second-order valence-corrected chi connectivity index (χ2v) is 5.63. The summed E-state index contributed by atoms with van der Waals surface area (Å²) in [4.78, 5) is 29.0. The first-order chi connectivity index (χ1) is 12.1. The van der Waals surface area contributed by atoms with Gasteiger partial charge in [0.2, 0.25) is 0 Å². The predicted molar refractivity (Wildman–Crippen MR) is 87.8 cm³/mol. The minimum absolute atomic E-state index is 0.0782. The van der Waals surface area contributed by atoms with Gasteiger partial charge in [-0.1, -0.05) is 12.1 Å². The molecule has 0 aliphatic carbocycles. The summed E-state index contributed by atoms with van der Waals surface area (Å²) >= 11 is 0. The highest BCUT2D eigenvalue weighted by molar-refractivity contribution is 5.96. The van der Waals surface area contributed by atoms with Crippen LogP contribution in [0.15, 0.2) is 42.6 Å². The van der Waals surface area contributed by atoms with Crippen molar-refractivity contribution >= 4 is 11.9 Å². The Balaban J connectivity index is 2.34. The lowest BCUT2D eigenvalue weighted by Gasteiger charge is -2.28. The van der Waals surface area contributed by atoms with Gasteiger partial charge in [-0.05, 0) is 43.7 Å². The van der Waals surface area contributed by atoms with E-state index in [2.05, 4.69) is 4.98 Å². The molecule has 1 heterocycles. The van der Waals surface area contributed by atoms with Crippen molar-refractivity contribution < 1.29 is 27.9 Å². The van der Waals surface area contributed by atoms with Crippen LogP contribution in [0.4, 0.5) is 13.2 Å². The fourth-order valence-corrected chi connectivity index (χ4v) is 2.58. The molecule has 0 aliphatic rings. The highest BCUT2D eigenvalue weighted by Gasteiger charge is 2.31. The van der Waals surface area contributed by atoms with Crippen LogP contribution in [0.5, 0.6) is 0 Å². The van der Waals surface area contributed by atoms with Crippen molar-refractivity contribution in [3.8, 4) is 0 Å². The van der Waals surface area contributed by atoms with Gasteiger partial charge in [-0.15, -0.1) is 0 Å². The molecule has 1 amide bonds. The van der Waals surface area contributed by atoms with Crippen LogP contribution in [0, 0.1) is 0 Å². The van der Waals surface area contributed by atoms with E-state index in [1.54, 1.807) is 13.8 Å². The molecule has 2 aromatic rings. The number of nitrogens with zero attached hydrogens (tertiary/aromatic N) is 2. The van der Waals surface area contributed by atoms with Crippen molar-refractivity contribution in [1.29, 1.82) is 0 Å². The van der Waals surface area contributed by atoms with Gasteiger partial charge in [0.15, 0.2) is 0 Å². The quantitative estimate of drug-likeness (QED) is 0.868. The molecule has 1 unspecified atom stereocenters. The number of benzene rings is 1. The van der Waals surface area contributed by atoms with Crippen molar-refractivity contribution in [1.82, 2.24) is 9.88 Å². The first kappa shape index (κ1) is 19.4. The van der Waals surface area contributed by atoms with E-state index in [-0.39, 0.29) is 17.8 Å². The normalized spacial score (nSPS) is 12.5. The molecule has 1 aromatic carbocycles. The van der Waals surface area contributed by atoms with E-state index in [9.17, 15) is 22.8 Å². The topological polar surface area (TPSA) is 70.5 Å². The number of carbonyl (C=O) groups is 2. The van der Waals surface area contributed by atoms with Crippen LogP contribution in [0.3, 0.4) is 0 Å². The number of pyridine rings is 1. The van der Waals surface area contributed by atoms with Crippen LogP contribution >= 0.6 is 0 Å². The molecule has 8 heteroatoms. The maximum Gasteiger partial charge on any atom is 0.416 e. The zero-order valence-electron chi connectivity index (χ0n) is 14.1. The van der Waals surface area contributed by atoms with Crippen LogP contribution in [-0.4, -0.2) is 33.4 Å². The molecule has 0 aliphatic heterocycles. The lowest BCUT2D eigenvalue weighted by Crippen LogP contribution is -2.34. The van der Waals surface area contributed by atoms with E-state index in [0.717, 1.165) is 18.2 Å². The van der Waals surface area contributed by atoms with Crippen LogP contribution in [-0.2, 0) is 6.18 Å². The number of carbonyl (C=O) groups excluding carboxylic acids is 1. The number of carboxylic acids is 1. The number of halogens is 3. The van der Waals surface area contributed by atoms with E-state index in [1.807, 2.05) is 0 Å². The minimum Gasteiger partial charge on any atom is -0.478 e. The van der Waals surface area contributed by atoms with Crippen molar-refractivity contribution in [2.75, 3.05) is 6.54 Å². The van der Waals surface area contributed by atoms with Crippen molar-refractivity contribution in [3.63, 3.8) is 0 Å². The first-order valence-corrected chi connectivity index (χ1v) is 7.82. The van der Waals surface area contributed by atoms with Gasteiger partial charge >= 0.3 is 12.1 Å². The Labute approximate surface area is 148 Å². The third kappa shape index (κ3) is 4.19. The molecule has 26 heavy (non-hydrogen) atoms. The van der Waals surface area contributed by atoms with Gasteiger partial charge in [0, 0.05) is 12.7 Å². The molecule has 0 fully saturated rings. The zero-order valence-corrected chi connectivity index (χ0v) is 14.1. The smallest absolute Gasteiger partial charge is 0.416 e. The Morgan fingerprint density at radius 1 is 1.23 bits per heavy atom. The fraction of sp³-hybridized carbons (Fsp3) is 0.278. The number of aromatic carboxylic acids is 1. The highest BCUT2D eigenvalue weighted by atomic mass is 19.4. The van der Waals surface area contributed by atoms with Gasteiger partial charge in [-0.3, -0.25) is 9.78 Å². The molecule has 1 aromatic heterocycles. The standard InChI is InChI=1S/C18H17F3N2O3/c1-3-23(16(24)15-10-13(17(25)26)7-8-22-15)11(2)12-5-4-6-14(9-12)18(19,20)21/h4-11H,3H2,1-2H3,(H,25,26). The predicted octanol–water partition coefficient (Wildman–Crippen LogP) is 4.02. The maximum atomic E-state index is 12.9. The van der Waals surface area contributed by atoms with Crippen molar-refractivity contribution in [2.24, 2.45) is 0 Å². The van der Waals surface area contributed by atoms with E-state index in [1.165, 1.54) is 29.3 Å². The Morgan fingerprint density at radius 2 is 1.92 bits per heavy atom. The molecule has 0 radical (unpaired) electrons. The Morgan fingerprint density at radius 3 is 2.50 bits per heavy atom. The second-order valence-electron chi connectivity index (χ2n) is 5.63. The average molecular weight is 366 g/mol. The second kappa shape index (κ2) is 7.55. The summed E-state index contributed by atoms with van der Waals surface area (Å²) in [7, 11) is 0. The summed E-state index contributed by atoms with van der Waals surface area (Å²) in [6.07, 6.45) is -3.27. The number of amides is 1. The van der Waals surface area contributed by atoms with Crippen LogP contribution < -0.4 is 0 Å². The molecule has 138 valence electrons. The van der Waals surface area contributed by atoms with E-state index >= 15 is 0 Å². The molecule has 5 nitrogen and oxygen atoms in total. The van der Waals surface area contributed by atoms with Gasteiger partial charge in [0.1, 0.15) is 5.69 Å². The minimum atomic E-state index is -4.48. The summed E-state index contributed by atoms with van der Waals surface area (Å²) in [5.41, 5.74) is -0.641. The summed E-state index contributed by atoms with van der Waals surface area (Å²) < 4.78 is 38.7. The summed E-state index contributed by atoms with van der Waals surface area (Å²) in [6.45, 7) is 3.51. The molecular weight excluding hydrogens is 349 g/mol. The number of rotatable bonds is 5. The number of alkyl halides is 3. The maximum absolute atomic E-state index is 12.9. The lowest BCUT2D eigenvalue weighted by atomic mass is 10.0. The van der Waals surface area contributed by atoms with Gasteiger partial charge < -0.3 is 10.0 Å². The number of carboxylic acid groups (broad SMARTS) is 1. The van der Waals surface area contributed by atoms with Gasteiger partial charge in [0.05, 0.1) is 17.2 Å². The molecule has 2 rings (SSSR count). The first-order valence-electron chi connectivity index (χ1n) is 7.82. The molecule has 1 N–H and O–H groups in total. The summed E-state index contributed by atoms with van der Waals surface area (Å²) in [5, 5.41) is 9.02. The Kier molecular flexibility index (Phi) is 5.64.